The molecule has 0 aliphatic carbocycles. The minimum absolute atomic E-state index is 0.455. The van der Waals surface area contributed by atoms with Crippen molar-refractivity contribution in [2.45, 2.75) is 6.42 Å². The molecule has 4 heteroatoms. The molecule has 1 aliphatic rings. The molecule has 0 bridgehead atoms. The second kappa shape index (κ2) is 5.05. The van der Waals surface area contributed by atoms with E-state index in [9.17, 15) is 5.26 Å². The lowest BCUT2D eigenvalue weighted by atomic mass is 9.98. The van der Waals surface area contributed by atoms with E-state index in [-0.39, 0.29) is 0 Å². The first kappa shape index (κ1) is 12.7. The van der Waals surface area contributed by atoms with Crippen LogP contribution in [0.4, 0.5) is 0 Å². The van der Waals surface area contributed by atoms with Gasteiger partial charge in [-0.2, -0.15) is 10.4 Å². The summed E-state index contributed by atoms with van der Waals surface area (Å²) in [6.07, 6.45) is 0.685. The lowest BCUT2D eigenvalue weighted by Gasteiger charge is -2.09. The van der Waals surface area contributed by atoms with Crippen molar-refractivity contribution >= 4 is 0 Å². The number of hydrogen-bond acceptors (Lipinski definition) is 3. The Morgan fingerprint density at radius 1 is 1.09 bits per heavy atom. The molecule has 0 amide bonds. The molecule has 106 valence electrons. The molecule has 0 saturated heterocycles. The summed E-state index contributed by atoms with van der Waals surface area (Å²) in [4.78, 5) is 0. The van der Waals surface area contributed by atoms with Crippen LogP contribution in [0.2, 0.25) is 0 Å². The van der Waals surface area contributed by atoms with E-state index >= 15 is 0 Å². The van der Waals surface area contributed by atoms with Gasteiger partial charge in [0.2, 0.25) is 0 Å². The van der Waals surface area contributed by atoms with Crippen LogP contribution in [0, 0.1) is 11.3 Å². The molecular formula is C18H13N3O. The van der Waals surface area contributed by atoms with E-state index < -0.39 is 0 Å². The number of hydrogen-bond donors (Lipinski definition) is 1. The fourth-order valence-corrected chi connectivity index (χ4v) is 2.85. The average molecular weight is 287 g/mol. The highest BCUT2D eigenvalue weighted by Gasteiger charge is 2.21. The Balaban J connectivity index is 1.91. The molecule has 2 aromatic carbocycles. The Bertz CT molecular complexity index is 875. The lowest BCUT2D eigenvalue weighted by molar-refractivity contribution is 0.326. The van der Waals surface area contributed by atoms with Crippen LogP contribution in [0.15, 0.2) is 48.5 Å². The van der Waals surface area contributed by atoms with Crippen LogP contribution in [-0.2, 0) is 6.42 Å². The Hall–Kier alpha value is -3.06. The monoisotopic (exact) mass is 287 g/mol. The number of nitrogens with zero attached hydrogens (tertiary/aromatic N) is 2. The van der Waals surface area contributed by atoms with Crippen molar-refractivity contribution in [3.8, 4) is 34.2 Å². The quantitative estimate of drug-likeness (QED) is 0.744. The Kier molecular flexibility index (Phi) is 2.90. The largest absolute Gasteiger partial charge is 0.493 e. The Labute approximate surface area is 128 Å². The average Bonchev–Trinajstić information content (AvgIpc) is 2.90. The predicted molar refractivity (Wildman–Crippen MR) is 83.4 cm³/mol. The van der Waals surface area contributed by atoms with E-state index in [2.05, 4.69) is 40.5 Å². The molecule has 0 radical (unpaired) electrons. The zero-order chi connectivity index (χ0) is 14.9. The number of ether oxygens (including phenoxy) is 1. The molecule has 3 aromatic rings. The zero-order valence-corrected chi connectivity index (χ0v) is 11.8. The van der Waals surface area contributed by atoms with Gasteiger partial charge in [0.1, 0.15) is 11.8 Å². The number of aromatic amines is 1. The highest BCUT2D eigenvalue weighted by molar-refractivity contribution is 5.78. The van der Waals surface area contributed by atoms with Crippen LogP contribution in [0.5, 0.6) is 5.75 Å². The number of nitriles is 1. The maximum atomic E-state index is 9.18. The van der Waals surface area contributed by atoms with Gasteiger partial charge in [-0.3, -0.25) is 5.10 Å². The van der Waals surface area contributed by atoms with Gasteiger partial charge in [0.15, 0.2) is 5.69 Å². The Morgan fingerprint density at radius 2 is 1.95 bits per heavy atom. The van der Waals surface area contributed by atoms with Crippen LogP contribution >= 0.6 is 0 Å². The summed E-state index contributed by atoms with van der Waals surface area (Å²) in [5.41, 5.74) is 5.51. The van der Waals surface area contributed by atoms with Gasteiger partial charge in [-0.25, -0.2) is 0 Å². The van der Waals surface area contributed by atoms with Crippen molar-refractivity contribution in [2.75, 3.05) is 6.61 Å². The van der Waals surface area contributed by atoms with Gasteiger partial charge < -0.3 is 4.74 Å². The number of aromatic nitrogens is 2. The predicted octanol–water partition coefficient (Wildman–Crippen LogP) is 3.55. The molecule has 0 atom stereocenters. The normalized spacial score (nSPS) is 12.5. The number of nitrogens with one attached hydrogen (secondary N) is 1. The van der Waals surface area contributed by atoms with Gasteiger partial charge in [-0.15, -0.1) is 0 Å². The van der Waals surface area contributed by atoms with Crippen molar-refractivity contribution in [2.24, 2.45) is 0 Å². The molecule has 4 nitrogen and oxygen atoms in total. The van der Waals surface area contributed by atoms with E-state index in [1.165, 1.54) is 0 Å². The summed E-state index contributed by atoms with van der Waals surface area (Å²) < 4.78 is 5.82. The van der Waals surface area contributed by atoms with Gasteiger partial charge in [0.05, 0.1) is 12.3 Å². The maximum Gasteiger partial charge on any atom is 0.166 e. The van der Waals surface area contributed by atoms with E-state index in [4.69, 9.17) is 4.74 Å². The first-order valence-corrected chi connectivity index (χ1v) is 7.17. The second-order valence-electron chi connectivity index (χ2n) is 5.21. The fraction of sp³-hybridized carbons (Fsp3) is 0.111. The summed E-state index contributed by atoms with van der Waals surface area (Å²) in [5.74, 6) is 0.826. The van der Waals surface area contributed by atoms with Gasteiger partial charge >= 0.3 is 0 Å². The summed E-state index contributed by atoms with van der Waals surface area (Å²) in [6, 6.07) is 18.5. The molecule has 4 rings (SSSR count). The standard InChI is InChI=1S/C18H13N3O/c19-11-16-14-8-9-22-17-7-6-13(12-4-2-1-3-5-12)10-15(17)18(14)21-20-16/h1-7,10H,8-9H2,(H,20,21). The van der Waals surface area contributed by atoms with Crippen LogP contribution in [0.3, 0.4) is 0 Å². The van der Waals surface area contributed by atoms with Gasteiger partial charge in [-0.1, -0.05) is 36.4 Å². The van der Waals surface area contributed by atoms with Crippen molar-refractivity contribution in [3.05, 3.63) is 59.8 Å². The van der Waals surface area contributed by atoms with Crippen LogP contribution < -0.4 is 4.74 Å². The van der Waals surface area contributed by atoms with Crippen molar-refractivity contribution in [1.82, 2.24) is 10.2 Å². The van der Waals surface area contributed by atoms with Gasteiger partial charge in [-0.05, 0) is 23.3 Å². The summed E-state index contributed by atoms with van der Waals surface area (Å²) >= 11 is 0. The molecule has 0 unspecified atom stereocenters. The zero-order valence-electron chi connectivity index (χ0n) is 11.8. The molecule has 1 aliphatic heterocycles. The second-order valence-corrected chi connectivity index (χ2v) is 5.21. The molecule has 0 fully saturated rings. The minimum Gasteiger partial charge on any atom is -0.493 e. The first-order valence-electron chi connectivity index (χ1n) is 7.17. The smallest absolute Gasteiger partial charge is 0.166 e. The first-order chi connectivity index (χ1) is 10.9. The van der Waals surface area contributed by atoms with Crippen molar-refractivity contribution in [1.29, 1.82) is 5.26 Å². The van der Waals surface area contributed by atoms with E-state index in [1.54, 1.807) is 0 Å². The maximum absolute atomic E-state index is 9.18. The number of fused-ring (bicyclic) bond motifs is 3. The van der Waals surface area contributed by atoms with E-state index in [0.717, 1.165) is 33.7 Å². The fourth-order valence-electron chi connectivity index (χ4n) is 2.85. The number of benzene rings is 2. The van der Waals surface area contributed by atoms with Gasteiger partial charge in [0, 0.05) is 17.5 Å². The summed E-state index contributed by atoms with van der Waals surface area (Å²) in [5, 5.41) is 16.3. The van der Waals surface area contributed by atoms with Crippen LogP contribution in [0.1, 0.15) is 11.3 Å². The van der Waals surface area contributed by atoms with E-state index in [0.29, 0.717) is 18.7 Å². The van der Waals surface area contributed by atoms with Crippen LogP contribution in [0.25, 0.3) is 22.4 Å². The molecule has 2 heterocycles. The SMILES string of the molecule is N#Cc1n[nH]c2c1CCOc1ccc(-c3ccccc3)cc1-2. The number of H-pyrrole nitrogens is 1. The topological polar surface area (TPSA) is 61.7 Å². The van der Waals surface area contributed by atoms with Gasteiger partial charge in [0.25, 0.3) is 0 Å². The van der Waals surface area contributed by atoms with Crippen molar-refractivity contribution in [3.63, 3.8) is 0 Å². The molecular weight excluding hydrogens is 274 g/mol. The highest BCUT2D eigenvalue weighted by atomic mass is 16.5. The molecule has 0 spiro atoms. The molecule has 0 saturated carbocycles. The lowest BCUT2D eigenvalue weighted by Crippen LogP contribution is -1.99. The Morgan fingerprint density at radius 3 is 2.77 bits per heavy atom. The third-order valence-electron chi connectivity index (χ3n) is 3.94. The minimum atomic E-state index is 0.455. The molecule has 1 aromatic heterocycles. The summed E-state index contributed by atoms with van der Waals surface area (Å²) in [7, 11) is 0. The third-order valence-corrected chi connectivity index (χ3v) is 3.94. The summed E-state index contributed by atoms with van der Waals surface area (Å²) in [6.45, 7) is 0.554. The number of rotatable bonds is 1. The molecule has 1 N–H and O–H groups in total. The molecule has 22 heavy (non-hydrogen) atoms. The van der Waals surface area contributed by atoms with E-state index in [1.807, 2.05) is 24.3 Å². The van der Waals surface area contributed by atoms with Crippen LogP contribution in [-0.4, -0.2) is 16.8 Å². The third kappa shape index (κ3) is 1.95. The van der Waals surface area contributed by atoms with Crippen molar-refractivity contribution < 1.29 is 4.74 Å². The highest BCUT2D eigenvalue weighted by Crippen LogP contribution is 2.37.